The molecule has 0 spiro atoms. The summed E-state index contributed by atoms with van der Waals surface area (Å²) in [6.45, 7) is 0. The number of fused-ring (bicyclic) bond motifs is 8. The average Bonchev–Trinajstić information content (AvgIpc) is 3.71. The summed E-state index contributed by atoms with van der Waals surface area (Å²) in [7, 11) is 0. The summed E-state index contributed by atoms with van der Waals surface area (Å²) in [5, 5.41) is 7.62. The molecule has 0 radical (unpaired) electrons. The largest absolute Gasteiger partial charge is 0.310 e. The van der Waals surface area contributed by atoms with E-state index in [1.165, 1.54) is 63.9 Å². The van der Waals surface area contributed by atoms with Crippen molar-refractivity contribution < 1.29 is 0 Å². The number of hydrogen-bond donors (Lipinski definition) is 0. The second-order valence-corrected chi connectivity index (χ2v) is 13.7. The quantitative estimate of drug-likeness (QED) is 0.181. The molecule has 0 bridgehead atoms. The van der Waals surface area contributed by atoms with E-state index in [9.17, 15) is 0 Å². The number of para-hydroxylation sites is 1. The molecular formula is C46H30N2S. The highest BCUT2D eigenvalue weighted by atomic mass is 32.1. The van der Waals surface area contributed by atoms with Gasteiger partial charge in [0.05, 0.1) is 11.0 Å². The Bertz CT molecular complexity index is 2810. The monoisotopic (exact) mass is 642 g/mol. The van der Waals surface area contributed by atoms with E-state index in [2.05, 4.69) is 191 Å². The standard InChI is InChI=1S/C46H30N2S/c1-3-11-31(12-4-1)32-19-22-35(23-20-32)47(37-25-28-45-40(29-37)39-17-9-10-18-44(39)49-45)36-24-27-42-41(30-36)46-38-16-8-7-13-33(38)21-26-43(46)48(42)34-14-5-2-6-15-34/h1-30H. The molecule has 2 nitrogen and oxygen atoms in total. The van der Waals surface area contributed by atoms with Gasteiger partial charge in [-0.2, -0.15) is 0 Å². The molecule has 0 saturated carbocycles. The Labute approximate surface area is 288 Å². The number of thiophene rings is 1. The predicted molar refractivity (Wildman–Crippen MR) is 211 cm³/mol. The van der Waals surface area contributed by atoms with E-state index in [0.717, 1.165) is 22.7 Å². The highest BCUT2D eigenvalue weighted by molar-refractivity contribution is 7.25. The van der Waals surface area contributed by atoms with E-state index in [0.29, 0.717) is 0 Å². The topological polar surface area (TPSA) is 8.17 Å². The molecule has 3 heteroatoms. The summed E-state index contributed by atoms with van der Waals surface area (Å²) in [6, 6.07) is 66.2. The van der Waals surface area contributed by atoms with Gasteiger partial charge in [-0.3, -0.25) is 0 Å². The smallest absolute Gasteiger partial charge is 0.0547 e. The van der Waals surface area contributed by atoms with Crippen molar-refractivity contribution in [2.24, 2.45) is 0 Å². The van der Waals surface area contributed by atoms with Crippen LogP contribution in [0.25, 0.3) is 69.6 Å². The molecule has 49 heavy (non-hydrogen) atoms. The number of hydrogen-bond acceptors (Lipinski definition) is 2. The van der Waals surface area contributed by atoms with Crippen LogP contribution in [0.5, 0.6) is 0 Å². The van der Waals surface area contributed by atoms with Gasteiger partial charge in [0.1, 0.15) is 0 Å². The Kier molecular flexibility index (Phi) is 6.39. The second kappa shape index (κ2) is 11.2. The summed E-state index contributed by atoms with van der Waals surface area (Å²) in [6.07, 6.45) is 0. The lowest BCUT2D eigenvalue weighted by Gasteiger charge is -2.26. The Hall–Kier alpha value is -6.16. The summed E-state index contributed by atoms with van der Waals surface area (Å²) in [4.78, 5) is 2.41. The van der Waals surface area contributed by atoms with Crippen LogP contribution in [0, 0.1) is 0 Å². The Morgan fingerprint density at radius 3 is 1.80 bits per heavy atom. The van der Waals surface area contributed by atoms with Crippen LogP contribution in [0.2, 0.25) is 0 Å². The minimum atomic E-state index is 1.12. The summed E-state index contributed by atoms with van der Waals surface area (Å²) >= 11 is 1.86. The van der Waals surface area contributed by atoms with Crippen LogP contribution in [0.15, 0.2) is 182 Å². The van der Waals surface area contributed by atoms with Gasteiger partial charge >= 0.3 is 0 Å². The highest BCUT2D eigenvalue weighted by Gasteiger charge is 2.20. The van der Waals surface area contributed by atoms with Gasteiger partial charge in [0.25, 0.3) is 0 Å². The van der Waals surface area contributed by atoms with E-state index < -0.39 is 0 Å². The average molecular weight is 643 g/mol. The van der Waals surface area contributed by atoms with Crippen LogP contribution in [0.4, 0.5) is 17.1 Å². The van der Waals surface area contributed by atoms with Crippen molar-refractivity contribution in [1.29, 1.82) is 0 Å². The molecule has 0 aliphatic carbocycles. The van der Waals surface area contributed by atoms with Crippen LogP contribution in [-0.4, -0.2) is 4.57 Å². The van der Waals surface area contributed by atoms with Crippen molar-refractivity contribution in [3.05, 3.63) is 182 Å². The van der Waals surface area contributed by atoms with Crippen molar-refractivity contribution in [2.45, 2.75) is 0 Å². The van der Waals surface area contributed by atoms with Crippen molar-refractivity contribution in [1.82, 2.24) is 4.57 Å². The van der Waals surface area contributed by atoms with E-state index in [1.54, 1.807) is 0 Å². The molecule has 0 saturated heterocycles. The summed E-state index contributed by atoms with van der Waals surface area (Å²) < 4.78 is 5.02. The number of anilines is 3. The third-order valence-electron chi connectivity index (χ3n) is 9.76. The molecule has 0 aliphatic heterocycles. The van der Waals surface area contributed by atoms with Gasteiger partial charge in [-0.15, -0.1) is 11.3 Å². The molecule has 10 aromatic rings. The van der Waals surface area contributed by atoms with Crippen molar-refractivity contribution >= 4 is 81.1 Å². The zero-order valence-corrected chi connectivity index (χ0v) is 27.4. The lowest BCUT2D eigenvalue weighted by molar-refractivity contribution is 1.18. The summed E-state index contributed by atoms with van der Waals surface area (Å²) in [5.41, 5.74) is 9.37. The first kappa shape index (κ1) is 27.9. The first-order valence-electron chi connectivity index (χ1n) is 16.7. The minimum Gasteiger partial charge on any atom is -0.310 e. The molecular weight excluding hydrogens is 613 g/mol. The molecule has 0 unspecified atom stereocenters. The van der Waals surface area contributed by atoms with Crippen LogP contribution >= 0.6 is 11.3 Å². The number of rotatable bonds is 5. The maximum Gasteiger partial charge on any atom is 0.0547 e. The van der Waals surface area contributed by atoms with Crippen LogP contribution in [-0.2, 0) is 0 Å². The van der Waals surface area contributed by atoms with Gasteiger partial charge in [0.2, 0.25) is 0 Å². The molecule has 230 valence electrons. The van der Waals surface area contributed by atoms with E-state index >= 15 is 0 Å². The number of nitrogens with zero attached hydrogens (tertiary/aromatic N) is 2. The second-order valence-electron chi connectivity index (χ2n) is 12.6. The van der Waals surface area contributed by atoms with E-state index in [4.69, 9.17) is 0 Å². The Morgan fingerprint density at radius 1 is 0.388 bits per heavy atom. The Morgan fingerprint density at radius 2 is 0.980 bits per heavy atom. The molecule has 0 aliphatic rings. The molecule has 0 atom stereocenters. The molecule has 10 rings (SSSR count). The normalized spacial score (nSPS) is 11.7. The molecule has 0 fully saturated rings. The maximum atomic E-state index is 2.41. The minimum absolute atomic E-state index is 1.12. The van der Waals surface area contributed by atoms with Gasteiger partial charge < -0.3 is 9.47 Å². The third-order valence-corrected chi connectivity index (χ3v) is 10.9. The molecule has 2 aromatic heterocycles. The molecule has 2 heterocycles. The maximum absolute atomic E-state index is 2.41. The van der Waals surface area contributed by atoms with E-state index in [-0.39, 0.29) is 0 Å². The van der Waals surface area contributed by atoms with Gasteiger partial charge in [0.15, 0.2) is 0 Å². The fraction of sp³-hybridized carbons (Fsp3) is 0. The summed E-state index contributed by atoms with van der Waals surface area (Å²) in [5.74, 6) is 0. The molecule has 8 aromatic carbocycles. The Balaban J connectivity index is 1.23. The molecule has 0 N–H and O–H groups in total. The van der Waals surface area contributed by atoms with Crippen molar-refractivity contribution in [3.63, 3.8) is 0 Å². The fourth-order valence-electron chi connectivity index (χ4n) is 7.51. The van der Waals surface area contributed by atoms with Crippen LogP contribution in [0.1, 0.15) is 0 Å². The first-order valence-corrected chi connectivity index (χ1v) is 17.5. The third kappa shape index (κ3) is 4.55. The fourth-order valence-corrected chi connectivity index (χ4v) is 8.59. The highest BCUT2D eigenvalue weighted by Crippen LogP contribution is 2.44. The van der Waals surface area contributed by atoms with Gasteiger partial charge in [0, 0.05) is 53.7 Å². The van der Waals surface area contributed by atoms with Crippen LogP contribution in [0.3, 0.4) is 0 Å². The number of benzene rings is 8. The van der Waals surface area contributed by atoms with Gasteiger partial charge in [-0.05, 0) is 94.7 Å². The zero-order chi connectivity index (χ0) is 32.3. The lowest BCUT2D eigenvalue weighted by Crippen LogP contribution is -2.09. The predicted octanol–water partition coefficient (Wildman–Crippen LogP) is 13.4. The van der Waals surface area contributed by atoms with Gasteiger partial charge in [-0.1, -0.05) is 109 Å². The first-order chi connectivity index (χ1) is 24.3. The SMILES string of the molecule is c1ccc(-c2ccc(N(c3ccc4sc5ccccc5c4c3)c3ccc4c(c3)c3c5ccccc5ccc3n4-c3ccccc3)cc2)cc1. The number of aromatic nitrogens is 1. The lowest BCUT2D eigenvalue weighted by atomic mass is 10.0. The molecule has 0 amide bonds. The zero-order valence-electron chi connectivity index (χ0n) is 26.6. The van der Waals surface area contributed by atoms with Crippen molar-refractivity contribution in [2.75, 3.05) is 4.90 Å². The van der Waals surface area contributed by atoms with E-state index in [1.807, 2.05) is 11.3 Å². The van der Waals surface area contributed by atoms with Gasteiger partial charge in [-0.25, -0.2) is 0 Å². The van der Waals surface area contributed by atoms with Crippen molar-refractivity contribution in [3.8, 4) is 16.8 Å². The van der Waals surface area contributed by atoms with Crippen LogP contribution < -0.4 is 4.90 Å².